The minimum Gasteiger partial charge on any atom is -0.383 e. The van der Waals surface area contributed by atoms with Crippen molar-refractivity contribution in [1.82, 2.24) is 14.7 Å². The Morgan fingerprint density at radius 2 is 1.95 bits per heavy atom. The summed E-state index contributed by atoms with van der Waals surface area (Å²) in [6.45, 7) is 0. The molecule has 0 N–H and O–H groups in total. The lowest BCUT2D eigenvalue weighted by atomic mass is 9.92. The largest absolute Gasteiger partial charge is 0.383 e. The zero-order valence-electron chi connectivity index (χ0n) is 11.7. The zero-order chi connectivity index (χ0) is 14.1. The molecule has 0 spiro atoms. The second kappa shape index (κ2) is 4.96. The van der Waals surface area contributed by atoms with Gasteiger partial charge in [0.1, 0.15) is 0 Å². The van der Waals surface area contributed by atoms with Gasteiger partial charge in [-0.25, -0.2) is 4.68 Å². The predicted octanol–water partition coefficient (Wildman–Crippen LogP) is 2.45. The summed E-state index contributed by atoms with van der Waals surface area (Å²) in [6.07, 6.45) is 5.20. The van der Waals surface area contributed by atoms with E-state index in [-0.39, 0.29) is 5.78 Å². The third kappa shape index (κ3) is 2.13. The molecule has 1 aliphatic rings. The van der Waals surface area contributed by atoms with Crippen molar-refractivity contribution in [3.8, 4) is 5.69 Å². The molecule has 0 fully saturated rings. The van der Waals surface area contributed by atoms with Crippen LogP contribution in [0.1, 0.15) is 22.5 Å². The van der Waals surface area contributed by atoms with Gasteiger partial charge in [-0.05, 0) is 25.0 Å². The Labute approximate surface area is 118 Å². The number of benzene rings is 1. The average Bonchev–Trinajstić information content (AvgIpc) is 2.87. The van der Waals surface area contributed by atoms with Gasteiger partial charge in [0, 0.05) is 25.9 Å². The molecule has 4 nitrogen and oxygen atoms in total. The summed E-state index contributed by atoms with van der Waals surface area (Å²) in [5.41, 5.74) is 3.60. The van der Waals surface area contributed by atoms with E-state index in [1.165, 1.54) is 0 Å². The molecule has 0 aliphatic heterocycles. The molecule has 20 heavy (non-hydrogen) atoms. The molecule has 0 amide bonds. The number of carbonyl (C=O) groups excluding carboxylic acids is 1. The molecule has 0 saturated carbocycles. The van der Waals surface area contributed by atoms with Crippen LogP contribution in [0, 0.1) is 0 Å². The van der Waals surface area contributed by atoms with E-state index >= 15 is 0 Å². The van der Waals surface area contributed by atoms with Crippen LogP contribution in [0.2, 0.25) is 0 Å². The second-order valence-electron chi connectivity index (χ2n) is 5.20. The highest BCUT2D eigenvalue weighted by Crippen LogP contribution is 2.26. The molecule has 1 aliphatic carbocycles. The van der Waals surface area contributed by atoms with Crippen LogP contribution in [0.4, 0.5) is 0 Å². The Bertz CT molecular complexity index is 668. The Morgan fingerprint density at radius 3 is 2.65 bits per heavy atom. The number of nitrogens with zero attached hydrogens (tertiary/aromatic N) is 3. The molecule has 2 aromatic rings. The van der Waals surface area contributed by atoms with Crippen molar-refractivity contribution >= 4 is 5.78 Å². The molecule has 0 bridgehead atoms. The average molecular weight is 267 g/mol. The normalized spacial score (nSPS) is 16.3. The number of ketones is 1. The first kappa shape index (κ1) is 12.7. The first-order valence-corrected chi connectivity index (χ1v) is 6.71. The second-order valence-corrected chi connectivity index (χ2v) is 5.20. The highest BCUT2D eigenvalue weighted by Gasteiger charge is 2.26. The summed E-state index contributed by atoms with van der Waals surface area (Å²) in [5, 5.41) is 4.39. The van der Waals surface area contributed by atoms with Crippen LogP contribution in [-0.4, -0.2) is 34.6 Å². The summed E-state index contributed by atoms with van der Waals surface area (Å²) in [4.78, 5) is 14.4. The number of carbonyl (C=O) groups is 1. The minimum absolute atomic E-state index is 0.0992. The van der Waals surface area contributed by atoms with E-state index in [1.807, 2.05) is 60.2 Å². The predicted molar refractivity (Wildman–Crippen MR) is 78.0 cm³/mol. The number of hydrogen-bond donors (Lipinski definition) is 0. The summed E-state index contributed by atoms with van der Waals surface area (Å²) in [7, 11) is 3.87. The van der Waals surface area contributed by atoms with Crippen molar-refractivity contribution in [2.45, 2.75) is 12.8 Å². The zero-order valence-corrected chi connectivity index (χ0v) is 11.7. The Kier molecular flexibility index (Phi) is 3.14. The SMILES string of the molecule is CN(C)C=C1CCc2c(cnn2-c2ccccc2)C1=O. The van der Waals surface area contributed by atoms with Gasteiger partial charge >= 0.3 is 0 Å². The van der Waals surface area contributed by atoms with E-state index in [4.69, 9.17) is 0 Å². The van der Waals surface area contributed by atoms with E-state index in [9.17, 15) is 4.79 Å². The van der Waals surface area contributed by atoms with Gasteiger partial charge in [0.25, 0.3) is 0 Å². The number of fused-ring (bicyclic) bond motifs is 1. The molecule has 1 heterocycles. The smallest absolute Gasteiger partial charge is 0.193 e. The summed E-state index contributed by atoms with van der Waals surface area (Å²) in [6, 6.07) is 9.94. The van der Waals surface area contributed by atoms with Gasteiger partial charge in [0.2, 0.25) is 0 Å². The maximum Gasteiger partial charge on any atom is 0.193 e. The molecule has 1 aromatic carbocycles. The molecule has 102 valence electrons. The fourth-order valence-corrected chi connectivity index (χ4v) is 2.57. The molecule has 0 unspecified atom stereocenters. The number of para-hydroxylation sites is 1. The lowest BCUT2D eigenvalue weighted by Gasteiger charge is -2.17. The molecule has 1 aromatic heterocycles. The monoisotopic (exact) mass is 267 g/mol. The van der Waals surface area contributed by atoms with Crippen LogP contribution >= 0.6 is 0 Å². The number of rotatable bonds is 2. The van der Waals surface area contributed by atoms with Crippen LogP contribution in [0.5, 0.6) is 0 Å². The van der Waals surface area contributed by atoms with Crippen LogP contribution in [0.15, 0.2) is 48.3 Å². The Hall–Kier alpha value is -2.36. The third-order valence-electron chi connectivity index (χ3n) is 3.45. The molecule has 0 saturated heterocycles. The van der Waals surface area contributed by atoms with Crippen molar-refractivity contribution in [2.24, 2.45) is 0 Å². The van der Waals surface area contributed by atoms with Gasteiger partial charge in [-0.3, -0.25) is 4.79 Å². The van der Waals surface area contributed by atoms with Gasteiger partial charge in [-0.2, -0.15) is 5.10 Å². The minimum atomic E-state index is 0.0992. The van der Waals surface area contributed by atoms with E-state index in [0.717, 1.165) is 35.4 Å². The maximum atomic E-state index is 12.4. The number of Topliss-reactive ketones (excluding diaryl/α,β-unsaturated/α-hetero) is 1. The van der Waals surface area contributed by atoms with Gasteiger partial charge in [-0.1, -0.05) is 18.2 Å². The lowest BCUT2D eigenvalue weighted by molar-refractivity contribution is 0.102. The van der Waals surface area contributed by atoms with E-state index < -0.39 is 0 Å². The number of allylic oxidation sites excluding steroid dienone is 1. The van der Waals surface area contributed by atoms with Crippen LogP contribution < -0.4 is 0 Å². The first-order chi connectivity index (χ1) is 9.66. The van der Waals surface area contributed by atoms with Crippen molar-refractivity contribution in [3.63, 3.8) is 0 Å². The van der Waals surface area contributed by atoms with E-state index in [2.05, 4.69) is 5.10 Å². The topological polar surface area (TPSA) is 38.1 Å². The van der Waals surface area contributed by atoms with Crippen molar-refractivity contribution < 1.29 is 4.79 Å². The molecule has 4 heteroatoms. The van der Waals surface area contributed by atoms with Gasteiger partial charge in [-0.15, -0.1) is 0 Å². The van der Waals surface area contributed by atoms with Crippen LogP contribution in [0.25, 0.3) is 5.69 Å². The van der Waals surface area contributed by atoms with Crippen molar-refractivity contribution in [3.05, 3.63) is 59.6 Å². The maximum absolute atomic E-state index is 12.4. The van der Waals surface area contributed by atoms with Crippen molar-refractivity contribution in [2.75, 3.05) is 14.1 Å². The first-order valence-electron chi connectivity index (χ1n) is 6.71. The van der Waals surface area contributed by atoms with Crippen LogP contribution in [-0.2, 0) is 6.42 Å². The fraction of sp³-hybridized carbons (Fsp3) is 0.250. The fourth-order valence-electron chi connectivity index (χ4n) is 2.57. The molecule has 0 atom stereocenters. The molecular formula is C16H17N3O. The summed E-state index contributed by atoms with van der Waals surface area (Å²) in [5.74, 6) is 0.0992. The van der Waals surface area contributed by atoms with Gasteiger partial charge in [0.05, 0.1) is 23.1 Å². The molecule has 3 rings (SSSR count). The Morgan fingerprint density at radius 1 is 1.20 bits per heavy atom. The highest BCUT2D eigenvalue weighted by molar-refractivity contribution is 6.10. The van der Waals surface area contributed by atoms with Crippen molar-refractivity contribution in [1.29, 1.82) is 0 Å². The third-order valence-corrected chi connectivity index (χ3v) is 3.45. The van der Waals surface area contributed by atoms with E-state index in [1.54, 1.807) is 6.20 Å². The number of aromatic nitrogens is 2. The quantitative estimate of drug-likeness (QED) is 0.784. The van der Waals surface area contributed by atoms with Crippen LogP contribution in [0.3, 0.4) is 0 Å². The highest BCUT2D eigenvalue weighted by atomic mass is 16.1. The molecular weight excluding hydrogens is 250 g/mol. The van der Waals surface area contributed by atoms with Gasteiger partial charge < -0.3 is 4.90 Å². The summed E-state index contributed by atoms with van der Waals surface area (Å²) >= 11 is 0. The molecule has 0 radical (unpaired) electrons. The Balaban J connectivity index is 2.02. The lowest BCUT2D eigenvalue weighted by Crippen LogP contribution is -2.18. The summed E-state index contributed by atoms with van der Waals surface area (Å²) < 4.78 is 1.87. The number of hydrogen-bond acceptors (Lipinski definition) is 3. The van der Waals surface area contributed by atoms with Gasteiger partial charge in [0.15, 0.2) is 5.78 Å². The van der Waals surface area contributed by atoms with E-state index in [0.29, 0.717) is 0 Å². The standard InChI is InChI=1S/C16H17N3O/c1-18(2)11-12-8-9-15-14(16(12)20)10-17-19(15)13-6-4-3-5-7-13/h3-7,10-11H,8-9H2,1-2H3.